The van der Waals surface area contributed by atoms with E-state index in [9.17, 15) is 10.1 Å². The van der Waals surface area contributed by atoms with Gasteiger partial charge < -0.3 is 10.1 Å². The van der Waals surface area contributed by atoms with Crippen LogP contribution in [-0.2, 0) is 0 Å². The number of hydrogen-bond donors (Lipinski definition) is 1. The van der Waals surface area contributed by atoms with E-state index >= 15 is 0 Å². The molecular weight excluding hydrogens is 284 g/mol. The third-order valence-corrected chi connectivity index (χ3v) is 2.76. The molecule has 0 atom stereocenters. The lowest BCUT2D eigenvalue weighted by molar-refractivity contribution is -0.386. The number of benzene rings is 1. The lowest BCUT2D eigenvalue weighted by Gasteiger charge is -2.08. The molecule has 0 aliphatic rings. The van der Waals surface area contributed by atoms with Gasteiger partial charge in [-0.05, 0) is 24.6 Å². The minimum Gasteiger partial charge on any atom is -0.432 e. The normalized spacial score (nSPS) is 10.2. The van der Waals surface area contributed by atoms with Crippen LogP contribution in [0.1, 0.15) is 5.56 Å². The predicted octanol–water partition coefficient (Wildman–Crippen LogP) is 3.18. The Hall–Kier alpha value is -2.41. The SMILES string of the molecule is CNc1ncc([N+](=O)[O-])c(Oc2cc(C)ccc2Cl)n1. The quantitative estimate of drug-likeness (QED) is 0.688. The molecule has 0 aliphatic heterocycles. The Kier molecular flexibility index (Phi) is 3.99. The number of halogens is 1. The minimum absolute atomic E-state index is 0.165. The number of nitrogens with zero attached hydrogens (tertiary/aromatic N) is 3. The van der Waals surface area contributed by atoms with E-state index in [1.54, 1.807) is 19.2 Å². The molecule has 0 saturated carbocycles. The maximum absolute atomic E-state index is 11.0. The van der Waals surface area contributed by atoms with Crippen LogP contribution in [0.5, 0.6) is 11.6 Å². The minimum atomic E-state index is -0.613. The van der Waals surface area contributed by atoms with Crippen molar-refractivity contribution < 1.29 is 9.66 Å². The number of anilines is 1. The van der Waals surface area contributed by atoms with Gasteiger partial charge in [-0.25, -0.2) is 4.98 Å². The van der Waals surface area contributed by atoms with Gasteiger partial charge in [-0.2, -0.15) is 4.98 Å². The zero-order chi connectivity index (χ0) is 14.7. The second-order valence-electron chi connectivity index (χ2n) is 3.93. The first kappa shape index (κ1) is 14.0. The van der Waals surface area contributed by atoms with Crippen molar-refractivity contribution in [2.45, 2.75) is 6.92 Å². The van der Waals surface area contributed by atoms with Crippen molar-refractivity contribution in [3.63, 3.8) is 0 Å². The average Bonchev–Trinajstić information content (AvgIpc) is 2.42. The second-order valence-corrected chi connectivity index (χ2v) is 4.33. The molecule has 0 radical (unpaired) electrons. The lowest BCUT2D eigenvalue weighted by atomic mass is 10.2. The fraction of sp³-hybridized carbons (Fsp3) is 0.167. The van der Waals surface area contributed by atoms with Gasteiger partial charge in [-0.15, -0.1) is 0 Å². The topological polar surface area (TPSA) is 90.2 Å². The van der Waals surface area contributed by atoms with Crippen molar-refractivity contribution in [3.05, 3.63) is 45.1 Å². The van der Waals surface area contributed by atoms with Crippen LogP contribution in [0.2, 0.25) is 5.02 Å². The average molecular weight is 295 g/mol. The van der Waals surface area contributed by atoms with Crippen molar-refractivity contribution in [2.75, 3.05) is 12.4 Å². The van der Waals surface area contributed by atoms with E-state index in [2.05, 4.69) is 15.3 Å². The van der Waals surface area contributed by atoms with E-state index in [4.69, 9.17) is 16.3 Å². The molecule has 0 spiro atoms. The molecule has 0 unspecified atom stereocenters. The molecule has 0 bridgehead atoms. The van der Waals surface area contributed by atoms with Crippen molar-refractivity contribution in [1.29, 1.82) is 0 Å². The lowest BCUT2D eigenvalue weighted by Crippen LogP contribution is -2.02. The zero-order valence-electron chi connectivity index (χ0n) is 10.8. The van der Waals surface area contributed by atoms with Crippen LogP contribution >= 0.6 is 11.6 Å². The maximum Gasteiger partial charge on any atom is 0.349 e. The summed E-state index contributed by atoms with van der Waals surface area (Å²) in [6.07, 6.45) is 1.08. The van der Waals surface area contributed by atoms with Crippen molar-refractivity contribution in [1.82, 2.24) is 9.97 Å². The fourth-order valence-electron chi connectivity index (χ4n) is 1.47. The number of nitrogens with one attached hydrogen (secondary N) is 1. The molecule has 1 aromatic carbocycles. The Morgan fingerprint density at radius 3 is 2.85 bits per heavy atom. The van der Waals surface area contributed by atoms with Crippen LogP contribution < -0.4 is 10.1 Å². The molecular formula is C12H11ClN4O3. The van der Waals surface area contributed by atoms with Gasteiger partial charge in [0.15, 0.2) is 0 Å². The van der Waals surface area contributed by atoms with Gasteiger partial charge in [0.25, 0.3) is 0 Å². The molecule has 7 nitrogen and oxygen atoms in total. The van der Waals surface area contributed by atoms with E-state index in [1.807, 2.05) is 13.0 Å². The smallest absolute Gasteiger partial charge is 0.349 e. The second kappa shape index (κ2) is 5.70. The van der Waals surface area contributed by atoms with Crippen molar-refractivity contribution in [2.24, 2.45) is 0 Å². The predicted molar refractivity (Wildman–Crippen MR) is 74.5 cm³/mol. The molecule has 0 saturated heterocycles. The summed E-state index contributed by atoms with van der Waals surface area (Å²) < 4.78 is 5.46. The summed E-state index contributed by atoms with van der Waals surface area (Å²) in [5.41, 5.74) is 0.580. The summed E-state index contributed by atoms with van der Waals surface area (Å²) in [6.45, 7) is 1.86. The Bertz CT molecular complexity index is 663. The van der Waals surface area contributed by atoms with Crippen LogP contribution in [0.25, 0.3) is 0 Å². The number of nitro groups is 1. The highest BCUT2D eigenvalue weighted by atomic mass is 35.5. The molecule has 1 aromatic heterocycles. The molecule has 20 heavy (non-hydrogen) atoms. The molecule has 0 fully saturated rings. The van der Waals surface area contributed by atoms with E-state index in [1.165, 1.54) is 0 Å². The van der Waals surface area contributed by atoms with Crippen LogP contribution in [0.15, 0.2) is 24.4 Å². The number of hydrogen-bond acceptors (Lipinski definition) is 6. The van der Waals surface area contributed by atoms with Crippen LogP contribution in [-0.4, -0.2) is 21.9 Å². The van der Waals surface area contributed by atoms with Crippen LogP contribution in [0.4, 0.5) is 11.6 Å². The molecule has 2 aromatic rings. The molecule has 0 amide bonds. The standard InChI is InChI=1S/C12H11ClN4O3/c1-7-3-4-8(13)10(5-7)20-11-9(17(18)19)6-15-12(14-2)16-11/h3-6H,1-2H3,(H,14,15,16). The van der Waals surface area contributed by atoms with Gasteiger partial charge in [0.05, 0.1) is 9.95 Å². The number of ether oxygens (including phenoxy) is 1. The summed E-state index contributed by atoms with van der Waals surface area (Å²) in [7, 11) is 1.60. The van der Waals surface area contributed by atoms with Crippen LogP contribution in [0.3, 0.4) is 0 Å². The molecule has 0 aliphatic carbocycles. The van der Waals surface area contributed by atoms with Crippen molar-refractivity contribution in [3.8, 4) is 11.6 Å². The molecule has 104 valence electrons. The first-order chi connectivity index (χ1) is 9.51. The third kappa shape index (κ3) is 2.94. The highest BCUT2D eigenvalue weighted by Crippen LogP contribution is 2.33. The monoisotopic (exact) mass is 294 g/mol. The van der Waals surface area contributed by atoms with Gasteiger partial charge in [0, 0.05) is 7.05 Å². The number of rotatable bonds is 4. The largest absolute Gasteiger partial charge is 0.432 e. The third-order valence-electron chi connectivity index (χ3n) is 2.45. The molecule has 1 N–H and O–H groups in total. The van der Waals surface area contributed by atoms with Crippen LogP contribution in [0, 0.1) is 17.0 Å². The Balaban J connectivity index is 2.45. The van der Waals surface area contributed by atoms with Gasteiger partial charge in [-0.3, -0.25) is 10.1 Å². The number of aryl methyl sites for hydroxylation is 1. The van der Waals surface area contributed by atoms with Gasteiger partial charge in [-0.1, -0.05) is 17.7 Å². The maximum atomic E-state index is 11.0. The van der Waals surface area contributed by atoms with Gasteiger partial charge >= 0.3 is 11.6 Å². The Morgan fingerprint density at radius 1 is 1.45 bits per heavy atom. The van der Waals surface area contributed by atoms with E-state index in [0.717, 1.165) is 11.8 Å². The van der Waals surface area contributed by atoms with Gasteiger partial charge in [0.1, 0.15) is 11.9 Å². The summed E-state index contributed by atoms with van der Waals surface area (Å²) >= 11 is 6.00. The number of aromatic nitrogens is 2. The Morgan fingerprint density at radius 2 is 2.20 bits per heavy atom. The molecule has 1 heterocycles. The highest BCUT2D eigenvalue weighted by molar-refractivity contribution is 6.32. The van der Waals surface area contributed by atoms with E-state index in [0.29, 0.717) is 10.8 Å². The molecule has 2 rings (SSSR count). The molecule has 8 heteroatoms. The summed E-state index contributed by atoms with van der Waals surface area (Å²) in [4.78, 5) is 18.1. The Labute approximate surface area is 119 Å². The first-order valence-electron chi connectivity index (χ1n) is 5.64. The summed E-state index contributed by atoms with van der Waals surface area (Å²) in [5.74, 6) is 0.353. The fourth-order valence-corrected chi connectivity index (χ4v) is 1.63. The zero-order valence-corrected chi connectivity index (χ0v) is 11.5. The first-order valence-corrected chi connectivity index (χ1v) is 6.02. The van der Waals surface area contributed by atoms with Crippen molar-refractivity contribution >= 4 is 23.2 Å². The summed E-state index contributed by atoms with van der Waals surface area (Å²) in [5, 5.41) is 14.0. The van der Waals surface area contributed by atoms with Gasteiger partial charge in [0.2, 0.25) is 5.95 Å². The highest BCUT2D eigenvalue weighted by Gasteiger charge is 2.20. The van der Waals surface area contributed by atoms with E-state index in [-0.39, 0.29) is 17.5 Å². The summed E-state index contributed by atoms with van der Waals surface area (Å²) in [6, 6.07) is 5.13. The van der Waals surface area contributed by atoms with E-state index < -0.39 is 4.92 Å².